The molecule has 1 saturated heterocycles. The number of carbonyl (C=O) groups excluding carboxylic acids is 1. The largest absolute Gasteiger partial charge is 0.416 e. The van der Waals surface area contributed by atoms with Gasteiger partial charge < -0.3 is 4.90 Å². The Hall–Kier alpha value is -1.88. The second-order valence-electron chi connectivity index (χ2n) is 5.07. The maximum Gasteiger partial charge on any atom is 0.416 e. The number of rotatable bonds is 2. The van der Waals surface area contributed by atoms with E-state index in [1.54, 1.807) is 0 Å². The summed E-state index contributed by atoms with van der Waals surface area (Å²) in [5.41, 5.74) is -2.07. The molecule has 1 aromatic carbocycles. The van der Waals surface area contributed by atoms with E-state index in [1.165, 1.54) is 5.48 Å². The van der Waals surface area contributed by atoms with E-state index < -0.39 is 41.0 Å². The highest BCUT2D eigenvalue weighted by Crippen LogP contribution is 2.37. The Labute approximate surface area is 137 Å². The van der Waals surface area contributed by atoms with Crippen molar-refractivity contribution in [1.82, 2.24) is 10.4 Å². The monoisotopic (exact) mass is 372 g/mol. The minimum atomic E-state index is -4.98. The average Bonchev–Trinajstić information content (AvgIpc) is 2.43. The molecule has 1 amide bonds. The van der Waals surface area contributed by atoms with Gasteiger partial charge in [0.1, 0.15) is 11.0 Å². The lowest BCUT2D eigenvalue weighted by Crippen LogP contribution is -2.57. The predicted octanol–water partition coefficient (Wildman–Crippen LogP) is 2.98. The number of hydrogen-bond donors (Lipinski definition) is 2. The number of amides is 1. The van der Waals surface area contributed by atoms with Gasteiger partial charge in [-0.15, -0.1) is 0 Å². The first-order chi connectivity index (χ1) is 10.9. The van der Waals surface area contributed by atoms with E-state index in [2.05, 4.69) is 0 Å². The van der Waals surface area contributed by atoms with Gasteiger partial charge in [0, 0.05) is 12.1 Å². The third-order valence-corrected chi connectivity index (χ3v) is 4.00. The molecule has 1 aliphatic heterocycles. The summed E-state index contributed by atoms with van der Waals surface area (Å²) in [4.78, 5) is 12.2. The Balaban J connectivity index is 2.42. The fourth-order valence-corrected chi connectivity index (χ4v) is 2.56. The number of halogens is 6. The number of carbonyl (C=O) groups is 1. The van der Waals surface area contributed by atoms with Gasteiger partial charge in [0.15, 0.2) is 0 Å². The van der Waals surface area contributed by atoms with E-state index in [0.29, 0.717) is 12.1 Å². The highest BCUT2D eigenvalue weighted by Gasteiger charge is 2.40. The zero-order chi connectivity index (χ0) is 18.3. The van der Waals surface area contributed by atoms with Crippen molar-refractivity contribution >= 4 is 23.1 Å². The molecule has 4 nitrogen and oxygen atoms in total. The number of likely N-dealkylation sites (tertiary alicyclic amines) is 1. The molecular weight excluding hydrogens is 362 g/mol. The van der Waals surface area contributed by atoms with Crippen LogP contribution in [0.1, 0.15) is 23.1 Å². The summed E-state index contributed by atoms with van der Waals surface area (Å²) in [5, 5.41) is 8.57. The van der Waals surface area contributed by atoms with Crippen molar-refractivity contribution in [3.8, 4) is 0 Å². The standard InChI is InChI=1S/C13H10F6N2O2S/c14-12(15,16)7-3-6(4-8(5-7)13(17,18)19)11(24)21-2-1-9(21)10(22)20-23/h3-5,9,23H,1-2H2,(H,20,22)/t9-/m1/s1. The summed E-state index contributed by atoms with van der Waals surface area (Å²) >= 11 is 4.93. The van der Waals surface area contributed by atoms with Gasteiger partial charge in [-0.25, -0.2) is 5.48 Å². The Morgan fingerprint density at radius 2 is 1.62 bits per heavy atom. The molecule has 1 heterocycles. The number of alkyl halides is 6. The minimum absolute atomic E-state index is 0.000133. The van der Waals surface area contributed by atoms with Crippen LogP contribution in [0.3, 0.4) is 0 Å². The number of nitrogens with zero attached hydrogens (tertiary/aromatic N) is 1. The van der Waals surface area contributed by atoms with E-state index in [1.807, 2.05) is 0 Å². The lowest BCUT2D eigenvalue weighted by atomic mass is 9.99. The van der Waals surface area contributed by atoms with Crippen molar-refractivity contribution in [3.05, 3.63) is 34.9 Å². The first kappa shape index (κ1) is 18.5. The number of benzene rings is 1. The molecule has 2 rings (SSSR count). The summed E-state index contributed by atoms with van der Waals surface area (Å²) in [6.07, 6.45) is -9.71. The number of hydrogen-bond acceptors (Lipinski definition) is 3. The number of nitrogens with one attached hydrogen (secondary N) is 1. The topological polar surface area (TPSA) is 52.6 Å². The van der Waals surface area contributed by atoms with Crippen LogP contribution in [0.5, 0.6) is 0 Å². The lowest BCUT2D eigenvalue weighted by molar-refractivity contribution is -0.143. The molecule has 0 aromatic heterocycles. The summed E-state index contributed by atoms with van der Waals surface area (Å²) in [6.45, 7) is 0.175. The fourth-order valence-electron chi connectivity index (χ4n) is 2.22. The van der Waals surface area contributed by atoms with E-state index in [9.17, 15) is 31.1 Å². The van der Waals surface area contributed by atoms with Crippen LogP contribution >= 0.6 is 12.2 Å². The van der Waals surface area contributed by atoms with Gasteiger partial charge in [0.2, 0.25) is 0 Å². The Morgan fingerprint density at radius 3 is 1.96 bits per heavy atom. The Morgan fingerprint density at radius 1 is 1.12 bits per heavy atom. The second kappa shape index (κ2) is 6.20. The summed E-state index contributed by atoms with van der Waals surface area (Å²) in [6, 6.07) is 0.0691. The van der Waals surface area contributed by atoms with Crippen LogP contribution in [0.2, 0.25) is 0 Å². The summed E-state index contributed by atoms with van der Waals surface area (Å²) in [5.74, 6) is -0.841. The van der Waals surface area contributed by atoms with Crippen LogP contribution in [0.25, 0.3) is 0 Å². The fraction of sp³-hybridized carbons (Fsp3) is 0.385. The van der Waals surface area contributed by atoms with Crippen molar-refractivity contribution in [3.63, 3.8) is 0 Å². The van der Waals surface area contributed by atoms with E-state index in [4.69, 9.17) is 17.4 Å². The van der Waals surface area contributed by atoms with Crippen molar-refractivity contribution in [1.29, 1.82) is 0 Å². The molecule has 0 spiro atoms. The highest BCUT2D eigenvalue weighted by atomic mass is 32.1. The maximum atomic E-state index is 12.8. The molecule has 0 aliphatic carbocycles. The van der Waals surface area contributed by atoms with Crippen molar-refractivity contribution in [2.24, 2.45) is 0 Å². The van der Waals surface area contributed by atoms with Gasteiger partial charge in [-0.05, 0) is 24.6 Å². The molecule has 1 atom stereocenters. The molecule has 11 heteroatoms. The molecule has 0 unspecified atom stereocenters. The average molecular weight is 372 g/mol. The molecule has 0 bridgehead atoms. The molecular formula is C13H10F6N2O2S. The Bertz CT molecular complexity index is 641. The summed E-state index contributed by atoms with van der Waals surface area (Å²) < 4.78 is 77.0. The molecule has 1 fully saturated rings. The first-order valence-corrected chi connectivity index (χ1v) is 6.90. The third-order valence-electron chi connectivity index (χ3n) is 3.53. The molecule has 24 heavy (non-hydrogen) atoms. The van der Waals surface area contributed by atoms with Gasteiger partial charge in [-0.1, -0.05) is 12.2 Å². The molecule has 0 saturated carbocycles. The van der Waals surface area contributed by atoms with Gasteiger partial charge in [0.25, 0.3) is 5.91 Å². The normalized spacial score (nSPS) is 18.1. The van der Waals surface area contributed by atoms with Gasteiger partial charge in [0.05, 0.1) is 11.1 Å². The molecule has 2 N–H and O–H groups in total. The summed E-state index contributed by atoms with van der Waals surface area (Å²) in [7, 11) is 0. The first-order valence-electron chi connectivity index (χ1n) is 6.49. The number of hydroxylamine groups is 1. The van der Waals surface area contributed by atoms with Crippen LogP contribution in [0, 0.1) is 0 Å². The van der Waals surface area contributed by atoms with Crippen LogP contribution < -0.4 is 5.48 Å². The van der Waals surface area contributed by atoms with Crippen LogP contribution in [-0.2, 0) is 17.1 Å². The van der Waals surface area contributed by atoms with E-state index >= 15 is 0 Å². The SMILES string of the molecule is O=C(NO)[C@H]1CCN1C(=S)c1cc(C(F)(F)F)cc(C(F)(F)F)c1. The van der Waals surface area contributed by atoms with E-state index in [0.717, 1.165) is 4.90 Å². The smallest absolute Gasteiger partial charge is 0.350 e. The van der Waals surface area contributed by atoms with Gasteiger partial charge >= 0.3 is 12.4 Å². The minimum Gasteiger partial charge on any atom is -0.350 e. The lowest BCUT2D eigenvalue weighted by Gasteiger charge is -2.41. The number of thiocarbonyl (C=S) groups is 1. The van der Waals surface area contributed by atoms with Crippen molar-refractivity contribution < 1.29 is 36.3 Å². The van der Waals surface area contributed by atoms with Crippen LogP contribution in [0.4, 0.5) is 26.3 Å². The molecule has 0 radical (unpaired) electrons. The van der Waals surface area contributed by atoms with Gasteiger partial charge in [-0.2, -0.15) is 26.3 Å². The Kier molecular flexibility index (Phi) is 4.77. The maximum absolute atomic E-state index is 12.8. The van der Waals surface area contributed by atoms with Crippen LogP contribution in [-0.4, -0.2) is 33.6 Å². The van der Waals surface area contributed by atoms with E-state index in [-0.39, 0.29) is 24.0 Å². The quantitative estimate of drug-likeness (QED) is 0.363. The second-order valence-corrected chi connectivity index (χ2v) is 5.46. The third kappa shape index (κ3) is 3.61. The zero-order valence-electron chi connectivity index (χ0n) is 11.7. The predicted molar refractivity (Wildman–Crippen MR) is 73.2 cm³/mol. The van der Waals surface area contributed by atoms with Crippen molar-refractivity contribution in [2.45, 2.75) is 24.8 Å². The molecule has 1 aliphatic rings. The molecule has 132 valence electrons. The molecule has 1 aromatic rings. The van der Waals surface area contributed by atoms with Gasteiger partial charge in [-0.3, -0.25) is 10.0 Å². The zero-order valence-corrected chi connectivity index (χ0v) is 12.5. The van der Waals surface area contributed by atoms with Crippen LogP contribution in [0.15, 0.2) is 18.2 Å². The van der Waals surface area contributed by atoms with Crippen molar-refractivity contribution in [2.75, 3.05) is 6.54 Å². The highest BCUT2D eigenvalue weighted by molar-refractivity contribution is 7.80.